The van der Waals surface area contributed by atoms with Crippen LogP contribution in [0.2, 0.25) is 10.0 Å². The molecule has 0 heterocycles. The summed E-state index contributed by atoms with van der Waals surface area (Å²) in [6.07, 6.45) is 4.43. The maximum atomic E-state index is 11.8. The Balaban J connectivity index is 3.51. The first kappa shape index (κ1) is 21.9. The summed E-state index contributed by atoms with van der Waals surface area (Å²) in [5.41, 5.74) is 13.7. The third-order valence-electron chi connectivity index (χ3n) is 4.11. The van der Waals surface area contributed by atoms with Crippen LogP contribution >= 0.6 is 23.2 Å². The van der Waals surface area contributed by atoms with E-state index in [-0.39, 0.29) is 16.4 Å². The topological polar surface area (TPSA) is 87.6 Å². The Bertz CT molecular complexity index is 594. The monoisotopic (exact) mass is 390 g/mol. The molecule has 0 aliphatic rings. The fourth-order valence-electron chi connectivity index (χ4n) is 3.01. The lowest BCUT2D eigenvalue weighted by Gasteiger charge is -2.36. The van der Waals surface area contributed by atoms with Crippen LogP contribution in [0.4, 0.5) is 11.4 Å². The summed E-state index contributed by atoms with van der Waals surface area (Å²) in [6.45, 7) is 7.40. The zero-order valence-corrected chi connectivity index (χ0v) is 16.9. The van der Waals surface area contributed by atoms with Gasteiger partial charge < -0.3 is 20.9 Å². The van der Waals surface area contributed by atoms with E-state index in [2.05, 4.69) is 6.92 Å². The van der Waals surface area contributed by atoms with Crippen molar-refractivity contribution in [3.05, 3.63) is 21.2 Å². The Hall–Kier alpha value is -1.17. The number of benzene rings is 1. The van der Waals surface area contributed by atoms with Gasteiger partial charge >= 0.3 is 5.97 Å². The summed E-state index contributed by atoms with van der Waals surface area (Å²) in [7, 11) is 0. The molecule has 0 saturated carbocycles. The highest BCUT2D eigenvalue weighted by atomic mass is 35.5. The van der Waals surface area contributed by atoms with E-state index in [1.807, 2.05) is 6.92 Å². The first-order valence-corrected chi connectivity index (χ1v) is 9.33. The molecule has 0 radical (unpaired) electrons. The van der Waals surface area contributed by atoms with Gasteiger partial charge in [0.1, 0.15) is 0 Å². The molecule has 0 aliphatic carbocycles. The summed E-state index contributed by atoms with van der Waals surface area (Å²) >= 11 is 12.6. The number of esters is 1. The number of nitrogens with two attached hydrogens (primary N) is 2. The molecule has 5 nitrogen and oxygen atoms in total. The Morgan fingerprint density at radius 3 is 2.24 bits per heavy atom. The minimum Gasteiger partial charge on any atom is -0.429 e. The fraction of sp³-hybridized carbons (Fsp3) is 0.611. The average Bonchev–Trinajstić information content (AvgIpc) is 2.55. The second-order valence-corrected chi connectivity index (χ2v) is 6.80. The van der Waals surface area contributed by atoms with Gasteiger partial charge in [0.25, 0.3) is 0 Å². The quantitative estimate of drug-likeness (QED) is 0.262. The maximum absolute atomic E-state index is 11.8. The predicted octanol–water partition coefficient (Wildman–Crippen LogP) is 5.19. The zero-order chi connectivity index (χ0) is 19.2. The summed E-state index contributed by atoms with van der Waals surface area (Å²) in [4.78, 5) is 11.8. The maximum Gasteiger partial charge on any atom is 0.305 e. The van der Waals surface area contributed by atoms with Crippen molar-refractivity contribution in [1.29, 1.82) is 0 Å². The smallest absolute Gasteiger partial charge is 0.305 e. The molecule has 0 aliphatic heterocycles. The van der Waals surface area contributed by atoms with Gasteiger partial charge in [0.05, 0.1) is 27.0 Å². The first-order valence-electron chi connectivity index (χ1n) is 8.58. The van der Waals surface area contributed by atoms with E-state index in [0.717, 1.165) is 25.7 Å². The van der Waals surface area contributed by atoms with Crippen LogP contribution in [0.1, 0.15) is 64.0 Å². The largest absolute Gasteiger partial charge is 0.429 e. The third-order valence-corrected chi connectivity index (χ3v) is 5.00. The van der Waals surface area contributed by atoms with Crippen molar-refractivity contribution in [2.24, 2.45) is 0 Å². The molecule has 1 rings (SSSR count). The third kappa shape index (κ3) is 4.93. The van der Waals surface area contributed by atoms with Crippen LogP contribution in [0, 0.1) is 6.92 Å². The molecule has 1 aromatic carbocycles. The van der Waals surface area contributed by atoms with Crippen LogP contribution in [-0.4, -0.2) is 12.6 Å². The molecule has 1 atom stereocenters. The molecule has 0 aromatic heterocycles. The van der Waals surface area contributed by atoms with Crippen molar-refractivity contribution >= 4 is 40.5 Å². The molecule has 7 heteroatoms. The number of rotatable bonds is 9. The van der Waals surface area contributed by atoms with Crippen LogP contribution in [0.5, 0.6) is 0 Å². The lowest BCUT2D eigenvalue weighted by Crippen LogP contribution is -2.37. The van der Waals surface area contributed by atoms with Gasteiger partial charge in [0.15, 0.2) is 0 Å². The van der Waals surface area contributed by atoms with E-state index >= 15 is 0 Å². The lowest BCUT2D eigenvalue weighted by molar-refractivity contribution is -0.240. The number of hydrogen-bond donors (Lipinski definition) is 2. The number of hydrogen-bond acceptors (Lipinski definition) is 5. The SMILES string of the molecule is CCCCCCC(OCC)(OC(C)=O)c1c(C)c(Cl)c(N)c(Cl)c1N. The number of halogens is 2. The number of carbonyl (C=O) groups is 1. The van der Waals surface area contributed by atoms with Crippen molar-refractivity contribution in [3.8, 4) is 0 Å². The van der Waals surface area contributed by atoms with Crippen LogP contribution in [-0.2, 0) is 20.1 Å². The van der Waals surface area contributed by atoms with Gasteiger partial charge in [-0.05, 0) is 25.8 Å². The normalized spacial score (nSPS) is 13.5. The Labute approximate surface area is 159 Å². The van der Waals surface area contributed by atoms with Crippen molar-refractivity contribution in [2.45, 2.75) is 65.6 Å². The fourth-order valence-corrected chi connectivity index (χ4v) is 3.43. The minimum absolute atomic E-state index is 0.149. The number of anilines is 2. The second-order valence-electron chi connectivity index (χ2n) is 6.05. The van der Waals surface area contributed by atoms with E-state index < -0.39 is 11.8 Å². The van der Waals surface area contributed by atoms with Gasteiger partial charge in [-0.1, -0.05) is 49.4 Å². The molecule has 0 saturated heterocycles. The van der Waals surface area contributed by atoms with Crippen LogP contribution in [0.3, 0.4) is 0 Å². The highest BCUT2D eigenvalue weighted by Gasteiger charge is 2.41. The number of nitrogen functional groups attached to an aromatic ring is 2. The molecule has 25 heavy (non-hydrogen) atoms. The Morgan fingerprint density at radius 1 is 1.08 bits per heavy atom. The Kier molecular flexibility index (Phi) is 8.32. The van der Waals surface area contributed by atoms with E-state index in [1.54, 1.807) is 6.92 Å². The predicted molar refractivity (Wildman–Crippen MR) is 104 cm³/mol. The molecule has 1 aromatic rings. The molecule has 0 fully saturated rings. The molecule has 4 N–H and O–H groups in total. The highest BCUT2D eigenvalue weighted by molar-refractivity contribution is 6.41. The van der Waals surface area contributed by atoms with Gasteiger partial charge in [-0.25, -0.2) is 0 Å². The van der Waals surface area contributed by atoms with Gasteiger partial charge in [-0.15, -0.1) is 0 Å². The van der Waals surface area contributed by atoms with Gasteiger partial charge in [0.2, 0.25) is 5.79 Å². The summed E-state index contributed by atoms with van der Waals surface area (Å²) in [6, 6.07) is 0. The van der Waals surface area contributed by atoms with E-state index in [9.17, 15) is 4.79 Å². The molecule has 142 valence electrons. The van der Waals surface area contributed by atoms with Gasteiger partial charge in [-0.3, -0.25) is 4.79 Å². The number of unbranched alkanes of at least 4 members (excludes halogenated alkanes) is 3. The van der Waals surface area contributed by atoms with Gasteiger partial charge in [0, 0.05) is 20.0 Å². The summed E-state index contributed by atoms with van der Waals surface area (Å²) in [5, 5.41) is 0.439. The molecular weight excluding hydrogens is 363 g/mol. The highest BCUT2D eigenvalue weighted by Crippen LogP contribution is 2.47. The molecule has 0 amide bonds. The lowest BCUT2D eigenvalue weighted by atomic mass is 9.92. The first-order chi connectivity index (χ1) is 11.7. The van der Waals surface area contributed by atoms with Crippen LogP contribution in [0.15, 0.2) is 0 Å². The van der Waals surface area contributed by atoms with Crippen LogP contribution < -0.4 is 11.5 Å². The summed E-state index contributed by atoms with van der Waals surface area (Å²) < 4.78 is 11.6. The van der Waals surface area contributed by atoms with Crippen molar-refractivity contribution in [2.75, 3.05) is 18.1 Å². The van der Waals surface area contributed by atoms with E-state index in [0.29, 0.717) is 29.2 Å². The molecule has 0 bridgehead atoms. The van der Waals surface area contributed by atoms with Crippen LogP contribution in [0.25, 0.3) is 0 Å². The average molecular weight is 391 g/mol. The standard InChI is InChI=1S/C18H28Cl2N2O3/c1-5-7-8-9-10-18(24-6-2,25-12(4)23)13-11(3)14(19)17(22)15(20)16(13)21/h5-10,21-22H2,1-4H3. The Morgan fingerprint density at radius 2 is 1.72 bits per heavy atom. The second kappa shape index (κ2) is 9.51. The van der Waals surface area contributed by atoms with E-state index in [1.165, 1.54) is 6.92 Å². The van der Waals surface area contributed by atoms with Crippen molar-refractivity contribution in [1.82, 2.24) is 0 Å². The number of ether oxygens (including phenoxy) is 2. The summed E-state index contributed by atoms with van der Waals surface area (Å²) in [5.74, 6) is -1.80. The number of carbonyl (C=O) groups excluding carboxylic acids is 1. The molecular formula is C18H28Cl2N2O3. The van der Waals surface area contributed by atoms with Crippen molar-refractivity contribution < 1.29 is 14.3 Å². The van der Waals surface area contributed by atoms with Crippen molar-refractivity contribution in [3.63, 3.8) is 0 Å². The molecule has 0 spiro atoms. The molecule has 1 unspecified atom stereocenters. The van der Waals surface area contributed by atoms with E-state index in [4.69, 9.17) is 44.1 Å². The minimum atomic E-state index is -1.33. The zero-order valence-electron chi connectivity index (χ0n) is 15.4. The van der Waals surface area contributed by atoms with Gasteiger partial charge in [-0.2, -0.15) is 0 Å².